The Kier molecular flexibility index (Phi) is 5.50. The minimum atomic E-state index is -1.42. The average Bonchev–Trinajstić information content (AvgIpc) is 3.29. The summed E-state index contributed by atoms with van der Waals surface area (Å²) in [5.74, 6) is -1.03. The van der Waals surface area contributed by atoms with Gasteiger partial charge in [0.2, 0.25) is 0 Å². The van der Waals surface area contributed by atoms with Crippen LogP contribution < -0.4 is 10.1 Å². The van der Waals surface area contributed by atoms with Gasteiger partial charge in [0.1, 0.15) is 18.2 Å². The molecule has 0 bridgehead atoms. The van der Waals surface area contributed by atoms with Crippen LogP contribution in [0, 0.1) is 15.9 Å². The van der Waals surface area contributed by atoms with Crippen molar-refractivity contribution < 1.29 is 18.8 Å². The molecule has 0 aliphatic carbocycles. The van der Waals surface area contributed by atoms with E-state index in [0.717, 1.165) is 0 Å². The van der Waals surface area contributed by atoms with Gasteiger partial charge in [0.15, 0.2) is 5.54 Å². The fourth-order valence-electron chi connectivity index (χ4n) is 5.22. The lowest BCUT2D eigenvalue weighted by atomic mass is 9.79. The number of anilines is 1. The van der Waals surface area contributed by atoms with Crippen molar-refractivity contribution in [1.29, 1.82) is 0 Å². The number of nitrogens with one attached hydrogen (secondary N) is 1. The van der Waals surface area contributed by atoms with Crippen LogP contribution >= 0.6 is 11.6 Å². The third kappa shape index (κ3) is 3.33. The lowest BCUT2D eigenvalue weighted by Gasteiger charge is -2.30. The Morgan fingerprint density at radius 1 is 1.21 bits per heavy atom. The number of hydrogen-bond acceptors (Lipinski definition) is 5. The Morgan fingerprint density at radius 2 is 1.94 bits per heavy atom. The summed E-state index contributed by atoms with van der Waals surface area (Å²) in [5.41, 5.74) is 0.786. The number of fused-ring (bicyclic) bond motifs is 2. The van der Waals surface area contributed by atoms with Crippen molar-refractivity contribution in [2.75, 3.05) is 18.9 Å². The van der Waals surface area contributed by atoms with Crippen molar-refractivity contribution in [3.05, 3.63) is 104 Å². The van der Waals surface area contributed by atoms with E-state index in [2.05, 4.69) is 5.32 Å². The smallest absolute Gasteiger partial charge is 0.256 e. The molecule has 0 aromatic heterocycles. The number of ether oxygens (including phenoxy) is 1. The van der Waals surface area contributed by atoms with Gasteiger partial charge in [0.05, 0.1) is 10.9 Å². The zero-order valence-corrected chi connectivity index (χ0v) is 19.0. The number of carbonyl (C=O) groups is 1. The van der Waals surface area contributed by atoms with Crippen LogP contribution in [-0.4, -0.2) is 35.4 Å². The lowest BCUT2D eigenvalue weighted by Crippen LogP contribution is -2.54. The number of hydrogen-bond donors (Lipinski definition) is 1. The third-order valence-corrected chi connectivity index (χ3v) is 7.06. The van der Waals surface area contributed by atoms with E-state index in [1.807, 2.05) is 0 Å². The molecular formula is C25H21ClFN3O4. The average molecular weight is 482 g/mol. The number of likely N-dealkylation sites (tertiary alicyclic amines) is 1. The Morgan fingerprint density at radius 3 is 2.68 bits per heavy atom. The highest BCUT2D eigenvalue weighted by Crippen LogP contribution is 2.52. The number of amides is 1. The standard InChI is InChI=1S/C25H21ClFN3O4/c1-29-13-17(23(30(32)33)25(29)18-7-3-5-9-21(18)28-24(25)31)15-10-11-22(19(26)12-15)34-14-16-6-2-4-8-20(16)27/h2-12,17,23H,13-14H2,1H3,(H,28,31)/t17-,23+,25+/m1/s1. The van der Waals surface area contributed by atoms with Gasteiger partial charge in [-0.3, -0.25) is 19.8 Å². The van der Waals surface area contributed by atoms with E-state index in [0.29, 0.717) is 34.7 Å². The molecule has 3 aromatic carbocycles. The molecule has 0 radical (unpaired) electrons. The van der Waals surface area contributed by atoms with Crippen molar-refractivity contribution in [3.63, 3.8) is 0 Å². The number of para-hydroxylation sites is 1. The predicted octanol–water partition coefficient (Wildman–Crippen LogP) is 4.58. The molecule has 174 valence electrons. The third-order valence-electron chi connectivity index (χ3n) is 6.77. The van der Waals surface area contributed by atoms with E-state index >= 15 is 0 Å². The molecule has 3 atom stereocenters. The predicted molar refractivity (Wildman–Crippen MR) is 125 cm³/mol. The molecule has 7 nitrogen and oxygen atoms in total. The molecule has 1 amide bonds. The van der Waals surface area contributed by atoms with E-state index < -0.39 is 23.4 Å². The molecule has 0 unspecified atom stereocenters. The Hall–Kier alpha value is -3.49. The number of carbonyl (C=O) groups excluding carboxylic acids is 1. The van der Waals surface area contributed by atoms with Gasteiger partial charge in [-0.15, -0.1) is 0 Å². The molecule has 5 rings (SSSR count). The molecule has 2 heterocycles. The number of halogens is 2. The van der Waals surface area contributed by atoms with Crippen molar-refractivity contribution in [2.45, 2.75) is 24.1 Å². The van der Waals surface area contributed by atoms with Crippen LogP contribution in [0.1, 0.15) is 22.6 Å². The highest BCUT2D eigenvalue weighted by Gasteiger charge is 2.68. The van der Waals surface area contributed by atoms with Gasteiger partial charge in [-0.25, -0.2) is 4.39 Å². The number of likely N-dealkylation sites (N-methyl/N-ethyl adjacent to an activating group) is 1. The topological polar surface area (TPSA) is 84.7 Å². The summed E-state index contributed by atoms with van der Waals surface area (Å²) in [4.78, 5) is 27.0. The first kappa shape index (κ1) is 22.3. The molecule has 2 aliphatic rings. The van der Waals surface area contributed by atoms with Gasteiger partial charge in [0, 0.05) is 28.3 Å². The minimum Gasteiger partial charge on any atom is -0.487 e. The van der Waals surface area contributed by atoms with Crippen molar-refractivity contribution in [1.82, 2.24) is 4.90 Å². The molecule has 2 aliphatic heterocycles. The fraction of sp³-hybridized carbons (Fsp3) is 0.240. The van der Waals surface area contributed by atoms with E-state index in [4.69, 9.17) is 16.3 Å². The van der Waals surface area contributed by atoms with Crippen LogP contribution in [-0.2, 0) is 16.9 Å². The molecule has 3 aromatic rings. The summed E-state index contributed by atoms with van der Waals surface area (Å²) in [7, 11) is 1.73. The highest BCUT2D eigenvalue weighted by molar-refractivity contribution is 6.32. The van der Waals surface area contributed by atoms with Gasteiger partial charge in [0.25, 0.3) is 11.9 Å². The second-order valence-corrected chi connectivity index (χ2v) is 8.96. The first-order valence-corrected chi connectivity index (χ1v) is 11.1. The molecule has 0 saturated carbocycles. The molecule has 34 heavy (non-hydrogen) atoms. The van der Waals surface area contributed by atoms with Crippen LogP contribution in [0.25, 0.3) is 0 Å². The van der Waals surface area contributed by atoms with Crippen molar-refractivity contribution in [3.8, 4) is 5.75 Å². The van der Waals surface area contributed by atoms with Crippen molar-refractivity contribution in [2.24, 2.45) is 0 Å². The van der Waals surface area contributed by atoms with Crippen LogP contribution in [0.4, 0.5) is 10.1 Å². The molecule has 9 heteroatoms. The lowest BCUT2D eigenvalue weighted by molar-refractivity contribution is -0.534. The van der Waals surface area contributed by atoms with E-state index in [-0.39, 0.29) is 22.4 Å². The van der Waals surface area contributed by atoms with E-state index in [9.17, 15) is 19.3 Å². The second-order valence-electron chi connectivity index (χ2n) is 8.55. The summed E-state index contributed by atoms with van der Waals surface area (Å²) >= 11 is 6.46. The minimum absolute atomic E-state index is 0.00447. The largest absolute Gasteiger partial charge is 0.487 e. The summed E-state index contributed by atoms with van der Waals surface area (Å²) in [6.07, 6.45) is 0. The summed E-state index contributed by atoms with van der Waals surface area (Å²) in [5, 5.41) is 15.5. The van der Waals surface area contributed by atoms with Crippen LogP contribution in [0.5, 0.6) is 5.75 Å². The summed E-state index contributed by atoms with van der Waals surface area (Å²) in [6, 6.07) is 17.1. The maximum absolute atomic E-state index is 13.9. The molecule has 1 saturated heterocycles. The number of benzene rings is 3. The molecule has 1 N–H and O–H groups in total. The van der Waals surface area contributed by atoms with Crippen LogP contribution in [0.2, 0.25) is 5.02 Å². The number of nitrogens with zero attached hydrogens (tertiary/aromatic N) is 2. The summed E-state index contributed by atoms with van der Waals surface area (Å²) in [6.45, 7) is 0.286. The maximum atomic E-state index is 13.9. The van der Waals surface area contributed by atoms with Crippen LogP contribution in [0.15, 0.2) is 66.7 Å². The Labute approximate surface area is 200 Å². The van der Waals surface area contributed by atoms with Crippen molar-refractivity contribution >= 4 is 23.2 Å². The van der Waals surface area contributed by atoms with Gasteiger partial charge in [-0.2, -0.15) is 0 Å². The van der Waals surface area contributed by atoms with Gasteiger partial charge in [-0.1, -0.05) is 54.1 Å². The second kappa shape index (κ2) is 8.38. The van der Waals surface area contributed by atoms with Gasteiger partial charge >= 0.3 is 0 Å². The van der Waals surface area contributed by atoms with Crippen LogP contribution in [0.3, 0.4) is 0 Å². The zero-order chi connectivity index (χ0) is 24.0. The van der Waals surface area contributed by atoms with Gasteiger partial charge < -0.3 is 10.1 Å². The first-order valence-electron chi connectivity index (χ1n) is 10.8. The normalized spacial score (nSPS) is 23.7. The highest BCUT2D eigenvalue weighted by atomic mass is 35.5. The van der Waals surface area contributed by atoms with Gasteiger partial charge in [-0.05, 0) is 36.9 Å². The molecular weight excluding hydrogens is 461 g/mol. The monoisotopic (exact) mass is 481 g/mol. The van der Waals surface area contributed by atoms with E-state index in [1.165, 1.54) is 6.07 Å². The SMILES string of the molecule is CN1C[C@H](c2ccc(OCc3ccccc3F)c(Cl)c2)[C@H]([N+](=O)[O-])[C@@]12C(=O)Nc1ccccc12. The first-order chi connectivity index (χ1) is 16.3. The quantitative estimate of drug-likeness (QED) is 0.426. The molecule has 1 fully saturated rings. The number of rotatable bonds is 5. The van der Waals surface area contributed by atoms with E-state index in [1.54, 1.807) is 72.6 Å². The maximum Gasteiger partial charge on any atom is 0.256 e. The Bertz CT molecular complexity index is 1300. The summed E-state index contributed by atoms with van der Waals surface area (Å²) < 4.78 is 19.6. The number of nitro groups is 1. The fourth-order valence-corrected chi connectivity index (χ4v) is 5.46. The molecule has 1 spiro atoms. The zero-order valence-electron chi connectivity index (χ0n) is 18.2. The Balaban J connectivity index is 1.47.